The fraction of sp³-hybridized carbons (Fsp3) is 1.00. The van der Waals surface area contributed by atoms with Crippen molar-refractivity contribution in [3.05, 3.63) is 0 Å². The van der Waals surface area contributed by atoms with Gasteiger partial charge in [-0.1, -0.05) is 13.8 Å². The number of hydrogen-bond donors (Lipinski definition) is 9. The Morgan fingerprint density at radius 3 is 1.76 bits per heavy atom. The van der Waals surface area contributed by atoms with Crippen LogP contribution in [0.5, 0.6) is 0 Å². The SMILES string of the molecule is CC(O)C1CCC2(O)C3CCC4CC(OCC5OC(OCC6OC(OCC7OC(O)CC(O)C7O)CC(O)C6O)CC(O)C5O)CCC4(C)C3CCC12C. The molecule has 3 aliphatic heterocycles. The van der Waals surface area contributed by atoms with Crippen molar-refractivity contribution < 1.29 is 74.4 Å². The zero-order valence-electron chi connectivity index (χ0n) is 32.0. The number of ether oxygens (including phenoxy) is 6. The lowest BCUT2D eigenvalue weighted by Gasteiger charge is -2.64. The van der Waals surface area contributed by atoms with Crippen molar-refractivity contribution in [3.63, 3.8) is 0 Å². The maximum atomic E-state index is 12.3. The minimum absolute atomic E-state index is 0.0275. The highest BCUT2D eigenvalue weighted by molar-refractivity contribution is 5.17. The molecule has 0 aromatic rings. The molecule has 0 spiro atoms. The molecule has 3 saturated heterocycles. The lowest BCUT2D eigenvalue weighted by atomic mass is 9.43. The molecule has 7 rings (SSSR count). The van der Waals surface area contributed by atoms with Gasteiger partial charge in [0, 0.05) is 24.7 Å². The minimum Gasteiger partial charge on any atom is -0.393 e. The summed E-state index contributed by atoms with van der Waals surface area (Å²) in [5, 5.41) is 95.5. The van der Waals surface area contributed by atoms with Crippen LogP contribution in [0.25, 0.3) is 0 Å². The first kappa shape index (κ1) is 41.6. The van der Waals surface area contributed by atoms with Gasteiger partial charge in [-0.3, -0.25) is 0 Å². The molecule has 21 atom stereocenters. The van der Waals surface area contributed by atoms with E-state index in [9.17, 15) is 46.0 Å². The van der Waals surface area contributed by atoms with Gasteiger partial charge < -0.3 is 74.4 Å². The van der Waals surface area contributed by atoms with Crippen LogP contribution in [0.4, 0.5) is 0 Å². The summed E-state index contributed by atoms with van der Waals surface area (Å²) >= 11 is 0. The van der Waals surface area contributed by atoms with Crippen molar-refractivity contribution >= 4 is 0 Å². The maximum Gasteiger partial charge on any atom is 0.160 e. The van der Waals surface area contributed by atoms with Crippen molar-refractivity contribution in [1.29, 1.82) is 0 Å². The Balaban J connectivity index is 0.892. The van der Waals surface area contributed by atoms with Crippen LogP contribution >= 0.6 is 0 Å². The average Bonchev–Trinajstić information content (AvgIpc) is 3.41. The Bertz CT molecular complexity index is 1260. The monoisotopic (exact) mass is 774 g/mol. The van der Waals surface area contributed by atoms with E-state index >= 15 is 0 Å². The van der Waals surface area contributed by atoms with Crippen molar-refractivity contribution in [2.75, 3.05) is 19.8 Å². The van der Waals surface area contributed by atoms with Gasteiger partial charge in [-0.2, -0.15) is 0 Å². The molecule has 0 aromatic carbocycles. The first-order valence-corrected chi connectivity index (χ1v) is 20.5. The van der Waals surface area contributed by atoms with Crippen LogP contribution < -0.4 is 0 Å². The molecule has 0 radical (unpaired) electrons. The summed E-state index contributed by atoms with van der Waals surface area (Å²) in [4.78, 5) is 0. The standard InChI is InChI=1S/C39H66O15/c1-19(40)22-8-11-39(48)24-5-4-20-12-21(6-9-37(20,2)23(24)7-10-38(22,39)3)49-16-29-35(46)26(42)14-33(53-29)51-18-30-36(47)27(43)15-32(54-30)50-17-28-34(45)25(41)13-31(44)52-28/h19-36,40-48H,4-18H2,1-3H3. The Morgan fingerprint density at radius 1 is 0.611 bits per heavy atom. The number of aliphatic hydroxyl groups is 9. The molecule has 4 aliphatic carbocycles. The van der Waals surface area contributed by atoms with Gasteiger partial charge in [0.05, 0.1) is 55.9 Å². The van der Waals surface area contributed by atoms with E-state index in [1.165, 1.54) is 0 Å². The molecule has 15 heteroatoms. The number of rotatable bonds is 10. The van der Waals surface area contributed by atoms with E-state index in [4.69, 9.17) is 28.4 Å². The van der Waals surface area contributed by atoms with Gasteiger partial charge in [-0.05, 0) is 93.8 Å². The third-order valence-electron chi connectivity index (χ3n) is 15.5. The van der Waals surface area contributed by atoms with E-state index in [2.05, 4.69) is 13.8 Å². The van der Waals surface area contributed by atoms with E-state index in [0.29, 0.717) is 11.8 Å². The van der Waals surface area contributed by atoms with Gasteiger partial charge >= 0.3 is 0 Å². The van der Waals surface area contributed by atoms with Crippen molar-refractivity contribution in [1.82, 2.24) is 0 Å². The number of fused-ring (bicyclic) bond motifs is 5. The van der Waals surface area contributed by atoms with E-state index in [1.54, 1.807) is 0 Å². The molecule has 312 valence electrons. The summed E-state index contributed by atoms with van der Waals surface area (Å²) in [6.07, 6.45) is -5.81. The zero-order valence-corrected chi connectivity index (χ0v) is 32.0. The molecular weight excluding hydrogens is 708 g/mol. The van der Waals surface area contributed by atoms with Crippen LogP contribution in [-0.4, -0.2) is 157 Å². The van der Waals surface area contributed by atoms with E-state index in [1.807, 2.05) is 6.92 Å². The highest BCUT2D eigenvalue weighted by Gasteiger charge is 2.67. The van der Waals surface area contributed by atoms with Gasteiger partial charge in [0.1, 0.15) is 36.6 Å². The maximum absolute atomic E-state index is 12.3. The van der Waals surface area contributed by atoms with Crippen LogP contribution in [-0.2, 0) is 28.4 Å². The summed E-state index contributed by atoms with van der Waals surface area (Å²) in [5.41, 5.74) is -0.903. The van der Waals surface area contributed by atoms with Crippen molar-refractivity contribution in [3.8, 4) is 0 Å². The first-order chi connectivity index (χ1) is 25.5. The topological polar surface area (TPSA) is 237 Å². The second kappa shape index (κ2) is 16.2. The second-order valence-corrected chi connectivity index (χ2v) is 18.4. The van der Waals surface area contributed by atoms with E-state index in [0.717, 1.165) is 57.8 Å². The van der Waals surface area contributed by atoms with Gasteiger partial charge in [0.2, 0.25) is 0 Å². The fourth-order valence-electron chi connectivity index (χ4n) is 12.2. The Labute approximate surface area is 317 Å². The van der Waals surface area contributed by atoms with Crippen LogP contribution in [0.1, 0.15) is 97.8 Å². The summed E-state index contributed by atoms with van der Waals surface area (Å²) in [5.74, 6) is 1.24. The lowest BCUT2D eigenvalue weighted by molar-refractivity contribution is -0.303. The van der Waals surface area contributed by atoms with Crippen LogP contribution in [0.2, 0.25) is 0 Å². The molecule has 7 fully saturated rings. The summed E-state index contributed by atoms with van der Waals surface area (Å²) in [7, 11) is 0. The third-order valence-corrected chi connectivity index (χ3v) is 15.5. The first-order valence-electron chi connectivity index (χ1n) is 20.5. The molecule has 0 bridgehead atoms. The van der Waals surface area contributed by atoms with Gasteiger partial charge in [0.15, 0.2) is 18.9 Å². The summed E-state index contributed by atoms with van der Waals surface area (Å²) in [6, 6.07) is 0. The quantitative estimate of drug-likeness (QED) is 0.143. The van der Waals surface area contributed by atoms with Crippen molar-refractivity contribution in [2.45, 2.75) is 189 Å². The third kappa shape index (κ3) is 7.68. The number of hydrogen-bond acceptors (Lipinski definition) is 15. The molecule has 3 heterocycles. The average molecular weight is 775 g/mol. The molecular formula is C39H66O15. The predicted octanol–water partition coefficient (Wildman–Crippen LogP) is 0.0621. The van der Waals surface area contributed by atoms with Crippen LogP contribution in [0.3, 0.4) is 0 Å². The zero-order chi connectivity index (χ0) is 38.7. The smallest absolute Gasteiger partial charge is 0.160 e. The second-order valence-electron chi connectivity index (χ2n) is 18.4. The summed E-state index contributed by atoms with van der Waals surface area (Å²) in [6.45, 7) is 6.10. The molecule has 4 saturated carbocycles. The van der Waals surface area contributed by atoms with Gasteiger partial charge in [-0.15, -0.1) is 0 Å². The Morgan fingerprint density at radius 2 is 1.17 bits per heavy atom. The predicted molar refractivity (Wildman–Crippen MR) is 188 cm³/mol. The van der Waals surface area contributed by atoms with E-state index in [-0.39, 0.29) is 67.9 Å². The number of aliphatic hydroxyl groups excluding tert-OH is 8. The van der Waals surface area contributed by atoms with Crippen LogP contribution in [0, 0.1) is 34.5 Å². The molecule has 0 amide bonds. The van der Waals surface area contributed by atoms with Crippen molar-refractivity contribution in [2.24, 2.45) is 34.5 Å². The molecule has 7 aliphatic rings. The molecule has 54 heavy (non-hydrogen) atoms. The lowest BCUT2D eigenvalue weighted by Crippen LogP contribution is -2.62. The highest BCUT2D eigenvalue weighted by Crippen LogP contribution is 2.69. The minimum atomic E-state index is -1.31. The largest absolute Gasteiger partial charge is 0.393 e. The van der Waals surface area contributed by atoms with Crippen LogP contribution in [0.15, 0.2) is 0 Å². The highest BCUT2D eigenvalue weighted by atomic mass is 16.7. The van der Waals surface area contributed by atoms with Gasteiger partial charge in [0.25, 0.3) is 0 Å². The fourth-order valence-corrected chi connectivity index (χ4v) is 12.2. The van der Waals surface area contributed by atoms with E-state index < -0.39 is 85.5 Å². The normalized spacial score (nSPS) is 54.3. The Kier molecular flexibility index (Phi) is 12.5. The Hall–Kier alpha value is -0.600. The molecule has 9 N–H and O–H groups in total. The molecule has 0 aromatic heterocycles. The summed E-state index contributed by atoms with van der Waals surface area (Å²) < 4.78 is 35.1. The molecule has 15 nitrogen and oxygen atoms in total. The molecule has 21 unspecified atom stereocenters. The van der Waals surface area contributed by atoms with Gasteiger partial charge in [-0.25, -0.2) is 0 Å².